The molecule has 0 fully saturated rings. The van der Waals surface area contributed by atoms with E-state index in [0.717, 1.165) is 5.69 Å². The number of rotatable bonds is 2. The number of thiazole rings is 1. The number of anilines is 2. The number of benzene rings is 1. The average Bonchev–Trinajstić information content (AvgIpc) is 2.77. The van der Waals surface area contributed by atoms with E-state index < -0.39 is 17.6 Å². The Morgan fingerprint density at radius 3 is 2.53 bits per heavy atom. The Morgan fingerprint density at radius 1 is 1.21 bits per heavy atom. The van der Waals surface area contributed by atoms with E-state index in [2.05, 4.69) is 15.6 Å². The lowest BCUT2D eigenvalue weighted by Crippen LogP contribution is -2.29. The third-order valence-corrected chi connectivity index (χ3v) is 3.04. The number of aromatic nitrogens is 1. The average molecular weight is 279 g/mol. The number of aryl methyl sites for hydroxylation is 1. The van der Waals surface area contributed by atoms with Crippen LogP contribution in [0.3, 0.4) is 0 Å². The lowest BCUT2D eigenvalue weighted by atomic mass is 10.3. The molecule has 0 spiro atoms. The summed E-state index contributed by atoms with van der Waals surface area (Å²) in [5.74, 6) is -2.44. The molecule has 2 aromatic rings. The molecule has 5 nitrogen and oxygen atoms in total. The van der Waals surface area contributed by atoms with Crippen LogP contribution in [0, 0.1) is 12.7 Å². The van der Waals surface area contributed by atoms with E-state index >= 15 is 0 Å². The van der Waals surface area contributed by atoms with Gasteiger partial charge in [0.15, 0.2) is 5.13 Å². The van der Waals surface area contributed by atoms with Crippen molar-refractivity contribution < 1.29 is 14.0 Å². The van der Waals surface area contributed by atoms with Crippen molar-refractivity contribution in [1.29, 1.82) is 0 Å². The fourth-order valence-electron chi connectivity index (χ4n) is 1.31. The van der Waals surface area contributed by atoms with Crippen molar-refractivity contribution in [3.05, 3.63) is 41.2 Å². The Bertz CT molecular complexity index is 627. The molecule has 7 heteroatoms. The summed E-state index contributed by atoms with van der Waals surface area (Å²) in [5, 5.41) is 6.59. The van der Waals surface area contributed by atoms with Gasteiger partial charge in [-0.25, -0.2) is 9.37 Å². The number of nitrogens with zero attached hydrogens (tertiary/aromatic N) is 1. The molecule has 0 aliphatic rings. The highest BCUT2D eigenvalue weighted by atomic mass is 32.1. The topological polar surface area (TPSA) is 71.1 Å². The summed E-state index contributed by atoms with van der Waals surface area (Å²) in [7, 11) is 0. The number of halogens is 1. The molecule has 1 aromatic carbocycles. The molecular formula is C12H10FN3O2S. The van der Waals surface area contributed by atoms with Gasteiger partial charge in [-0.15, -0.1) is 11.3 Å². The zero-order valence-electron chi connectivity index (χ0n) is 9.94. The van der Waals surface area contributed by atoms with Crippen molar-refractivity contribution >= 4 is 34.0 Å². The minimum atomic E-state index is -0.946. The zero-order chi connectivity index (χ0) is 13.8. The summed E-state index contributed by atoms with van der Waals surface area (Å²) in [6, 6.07) is 5.61. The van der Waals surface area contributed by atoms with Crippen LogP contribution in [0.1, 0.15) is 5.69 Å². The highest BCUT2D eigenvalue weighted by Crippen LogP contribution is 2.15. The van der Waals surface area contributed by atoms with Gasteiger partial charge in [0.05, 0.1) is 11.4 Å². The minimum absolute atomic E-state index is 0.0435. The van der Waals surface area contributed by atoms with Gasteiger partial charge in [-0.3, -0.25) is 14.9 Å². The van der Waals surface area contributed by atoms with Crippen LogP contribution in [0.4, 0.5) is 15.2 Å². The van der Waals surface area contributed by atoms with E-state index in [9.17, 15) is 14.0 Å². The molecule has 0 saturated heterocycles. The fraction of sp³-hybridized carbons (Fsp3) is 0.0833. The predicted molar refractivity (Wildman–Crippen MR) is 70.5 cm³/mol. The smallest absolute Gasteiger partial charge is 0.315 e. The standard InChI is InChI=1S/C12H10FN3O2S/c1-7-6-19-12(14-7)16-11(18)10(17)15-9-5-3-2-4-8(9)13/h2-6H,1H3,(H,15,17)(H,14,16,18). The number of carbonyl (C=O) groups is 2. The molecule has 0 bridgehead atoms. The van der Waals surface area contributed by atoms with Gasteiger partial charge in [0.2, 0.25) is 0 Å². The lowest BCUT2D eigenvalue weighted by molar-refractivity contribution is -0.133. The number of para-hydroxylation sites is 1. The van der Waals surface area contributed by atoms with Gasteiger partial charge in [0.25, 0.3) is 0 Å². The van der Waals surface area contributed by atoms with Gasteiger partial charge in [0, 0.05) is 5.38 Å². The van der Waals surface area contributed by atoms with Crippen molar-refractivity contribution in [2.75, 3.05) is 10.6 Å². The van der Waals surface area contributed by atoms with Crippen LogP contribution in [0.2, 0.25) is 0 Å². The second-order valence-corrected chi connectivity index (χ2v) is 4.54. The van der Waals surface area contributed by atoms with Crippen LogP contribution in [-0.2, 0) is 9.59 Å². The summed E-state index contributed by atoms with van der Waals surface area (Å²) < 4.78 is 13.3. The van der Waals surface area contributed by atoms with Crippen LogP contribution >= 0.6 is 11.3 Å². The fourth-order valence-corrected chi connectivity index (χ4v) is 1.99. The third kappa shape index (κ3) is 3.35. The molecule has 0 aliphatic carbocycles. The molecule has 0 unspecified atom stereocenters. The van der Waals surface area contributed by atoms with Crippen LogP contribution in [0.25, 0.3) is 0 Å². The molecular weight excluding hydrogens is 269 g/mol. The number of nitrogens with one attached hydrogen (secondary N) is 2. The summed E-state index contributed by atoms with van der Waals surface area (Å²) in [4.78, 5) is 27.1. The molecule has 19 heavy (non-hydrogen) atoms. The van der Waals surface area contributed by atoms with Crippen molar-refractivity contribution in [2.45, 2.75) is 6.92 Å². The molecule has 0 radical (unpaired) electrons. The molecule has 2 rings (SSSR count). The van der Waals surface area contributed by atoms with Gasteiger partial charge < -0.3 is 5.32 Å². The van der Waals surface area contributed by atoms with Gasteiger partial charge in [-0.2, -0.15) is 0 Å². The molecule has 0 atom stereocenters. The molecule has 0 aliphatic heterocycles. The van der Waals surface area contributed by atoms with Crippen LogP contribution in [0.15, 0.2) is 29.6 Å². The summed E-state index contributed by atoms with van der Waals surface area (Å²) in [6.07, 6.45) is 0. The molecule has 98 valence electrons. The van der Waals surface area contributed by atoms with Gasteiger partial charge in [-0.05, 0) is 19.1 Å². The maximum absolute atomic E-state index is 13.3. The molecule has 2 amide bonds. The highest BCUT2D eigenvalue weighted by molar-refractivity contribution is 7.14. The van der Waals surface area contributed by atoms with E-state index in [1.807, 2.05) is 0 Å². The first kappa shape index (κ1) is 13.2. The monoisotopic (exact) mass is 279 g/mol. The normalized spacial score (nSPS) is 10.0. The van der Waals surface area contributed by atoms with E-state index in [0.29, 0.717) is 5.13 Å². The van der Waals surface area contributed by atoms with Crippen molar-refractivity contribution in [1.82, 2.24) is 4.98 Å². The molecule has 1 aromatic heterocycles. The van der Waals surface area contributed by atoms with Crippen LogP contribution < -0.4 is 10.6 Å². The number of amides is 2. The number of hydrogen-bond donors (Lipinski definition) is 2. The molecule has 2 N–H and O–H groups in total. The Kier molecular flexibility index (Phi) is 3.86. The minimum Gasteiger partial charge on any atom is -0.315 e. The first-order valence-corrected chi connectivity index (χ1v) is 6.23. The Balaban J connectivity index is 2.00. The second-order valence-electron chi connectivity index (χ2n) is 3.68. The highest BCUT2D eigenvalue weighted by Gasteiger charge is 2.16. The van der Waals surface area contributed by atoms with E-state index in [-0.39, 0.29) is 5.69 Å². The van der Waals surface area contributed by atoms with Gasteiger partial charge in [-0.1, -0.05) is 12.1 Å². The predicted octanol–water partition coefficient (Wildman–Crippen LogP) is 2.17. The molecule has 0 saturated carbocycles. The van der Waals surface area contributed by atoms with Crippen LogP contribution in [0.5, 0.6) is 0 Å². The van der Waals surface area contributed by atoms with Gasteiger partial charge >= 0.3 is 11.8 Å². The Morgan fingerprint density at radius 2 is 1.89 bits per heavy atom. The second kappa shape index (κ2) is 5.57. The third-order valence-electron chi connectivity index (χ3n) is 2.17. The van der Waals surface area contributed by atoms with E-state index in [4.69, 9.17) is 0 Å². The first-order chi connectivity index (χ1) is 9.06. The van der Waals surface area contributed by atoms with Crippen molar-refractivity contribution in [2.24, 2.45) is 0 Å². The zero-order valence-corrected chi connectivity index (χ0v) is 10.8. The Labute approximate surface area is 112 Å². The summed E-state index contributed by atoms with van der Waals surface area (Å²) in [5.41, 5.74) is 0.702. The first-order valence-electron chi connectivity index (χ1n) is 5.35. The van der Waals surface area contributed by atoms with Crippen LogP contribution in [-0.4, -0.2) is 16.8 Å². The maximum Gasteiger partial charge on any atom is 0.315 e. The van der Waals surface area contributed by atoms with E-state index in [1.165, 1.54) is 29.5 Å². The van der Waals surface area contributed by atoms with Crippen molar-refractivity contribution in [3.8, 4) is 0 Å². The number of hydrogen-bond acceptors (Lipinski definition) is 4. The summed E-state index contributed by atoms with van der Waals surface area (Å²) >= 11 is 1.21. The number of carbonyl (C=O) groups excluding carboxylic acids is 2. The lowest BCUT2D eigenvalue weighted by Gasteiger charge is -2.05. The summed E-state index contributed by atoms with van der Waals surface area (Å²) in [6.45, 7) is 1.77. The Hall–Kier alpha value is -2.28. The largest absolute Gasteiger partial charge is 0.315 e. The molecule has 1 heterocycles. The SMILES string of the molecule is Cc1csc(NC(=O)C(=O)Nc2ccccc2F)n1. The van der Waals surface area contributed by atoms with E-state index in [1.54, 1.807) is 18.4 Å². The maximum atomic E-state index is 13.3. The van der Waals surface area contributed by atoms with Gasteiger partial charge in [0.1, 0.15) is 5.82 Å². The van der Waals surface area contributed by atoms with Crippen molar-refractivity contribution in [3.63, 3.8) is 0 Å². The quantitative estimate of drug-likeness (QED) is 0.828.